The number of para-hydroxylation sites is 1. The maximum absolute atomic E-state index is 9.00. The smallest absolute Gasteiger partial charge is 0.108 e. The van der Waals surface area contributed by atoms with Crippen molar-refractivity contribution >= 4 is 21.6 Å². The van der Waals surface area contributed by atoms with Crippen molar-refractivity contribution in [3.05, 3.63) is 29.3 Å². The molecule has 1 aromatic heterocycles. The monoisotopic (exact) mass is 319 g/mol. The van der Waals surface area contributed by atoms with E-state index in [-0.39, 0.29) is 6.61 Å². The van der Waals surface area contributed by atoms with Crippen LogP contribution in [-0.2, 0) is 6.54 Å². The molecule has 1 aliphatic heterocycles. The van der Waals surface area contributed by atoms with Crippen molar-refractivity contribution in [2.75, 3.05) is 39.8 Å². The number of benzene rings is 1. The Morgan fingerprint density at radius 2 is 2.09 bits per heavy atom. The molecule has 0 aliphatic carbocycles. The second-order valence-corrected chi connectivity index (χ2v) is 7.40. The predicted molar refractivity (Wildman–Crippen MR) is 92.2 cm³/mol. The van der Waals surface area contributed by atoms with E-state index in [0.29, 0.717) is 0 Å². The molecule has 1 aromatic carbocycles. The highest BCUT2D eigenvalue weighted by Crippen LogP contribution is 2.23. The zero-order valence-electron chi connectivity index (χ0n) is 13.2. The number of nitrogens with zero attached hydrogens (tertiary/aromatic N) is 3. The first-order valence-corrected chi connectivity index (χ1v) is 8.92. The summed E-state index contributed by atoms with van der Waals surface area (Å²) in [6, 6.07) is 8.36. The Labute approximate surface area is 136 Å². The Morgan fingerprint density at radius 3 is 2.82 bits per heavy atom. The highest BCUT2D eigenvalue weighted by molar-refractivity contribution is 7.18. The second kappa shape index (κ2) is 7.51. The third-order valence-electron chi connectivity index (χ3n) is 4.44. The number of likely N-dealkylation sites (tertiary alicyclic amines) is 1. The van der Waals surface area contributed by atoms with Gasteiger partial charge in [-0.2, -0.15) is 0 Å². The Morgan fingerprint density at radius 1 is 1.32 bits per heavy atom. The lowest BCUT2D eigenvalue weighted by Crippen LogP contribution is -2.38. The number of aliphatic hydroxyl groups is 1. The minimum absolute atomic E-state index is 0.280. The maximum Gasteiger partial charge on any atom is 0.108 e. The molecule has 0 radical (unpaired) electrons. The molecule has 5 heteroatoms. The van der Waals surface area contributed by atoms with Gasteiger partial charge in [0, 0.05) is 13.1 Å². The maximum atomic E-state index is 9.00. The molecule has 4 nitrogen and oxygen atoms in total. The molecule has 0 unspecified atom stereocenters. The van der Waals surface area contributed by atoms with E-state index >= 15 is 0 Å². The van der Waals surface area contributed by atoms with Gasteiger partial charge in [0.2, 0.25) is 0 Å². The normalized spacial score (nSPS) is 17.6. The minimum atomic E-state index is 0.280. The van der Waals surface area contributed by atoms with E-state index in [1.54, 1.807) is 11.3 Å². The molecule has 1 N–H and O–H groups in total. The Balaban J connectivity index is 1.49. The molecular formula is C17H25N3OS. The number of hydrogen-bond donors (Lipinski definition) is 1. The van der Waals surface area contributed by atoms with Crippen LogP contribution in [-0.4, -0.2) is 59.7 Å². The molecule has 22 heavy (non-hydrogen) atoms. The van der Waals surface area contributed by atoms with Gasteiger partial charge in [0.25, 0.3) is 0 Å². The van der Waals surface area contributed by atoms with Gasteiger partial charge >= 0.3 is 0 Å². The van der Waals surface area contributed by atoms with Crippen LogP contribution in [0.3, 0.4) is 0 Å². The molecule has 0 saturated carbocycles. The van der Waals surface area contributed by atoms with Gasteiger partial charge in [0.1, 0.15) is 5.01 Å². The first-order valence-electron chi connectivity index (χ1n) is 8.11. The summed E-state index contributed by atoms with van der Waals surface area (Å²) in [5, 5.41) is 10.2. The number of rotatable bonds is 6. The largest absolute Gasteiger partial charge is 0.395 e. The quantitative estimate of drug-likeness (QED) is 0.888. The summed E-state index contributed by atoms with van der Waals surface area (Å²) in [5.74, 6) is 0.773. The van der Waals surface area contributed by atoms with Crippen LogP contribution >= 0.6 is 11.3 Å². The van der Waals surface area contributed by atoms with Crippen LogP contribution in [0.1, 0.15) is 17.8 Å². The van der Waals surface area contributed by atoms with E-state index in [1.807, 2.05) is 0 Å². The molecule has 120 valence electrons. The van der Waals surface area contributed by atoms with E-state index in [0.717, 1.165) is 44.2 Å². The Bertz CT molecular complexity index is 559. The highest BCUT2D eigenvalue weighted by Gasteiger charge is 2.20. The van der Waals surface area contributed by atoms with Gasteiger partial charge < -0.3 is 10.0 Å². The topological polar surface area (TPSA) is 39.6 Å². The van der Waals surface area contributed by atoms with Gasteiger partial charge in [0.05, 0.1) is 23.4 Å². The van der Waals surface area contributed by atoms with E-state index in [4.69, 9.17) is 10.1 Å². The fourth-order valence-corrected chi connectivity index (χ4v) is 4.31. The fourth-order valence-electron chi connectivity index (χ4n) is 3.26. The first-order chi connectivity index (χ1) is 10.7. The van der Waals surface area contributed by atoms with Crippen LogP contribution in [0.25, 0.3) is 10.2 Å². The average Bonchev–Trinajstić information content (AvgIpc) is 2.91. The van der Waals surface area contributed by atoms with Crippen LogP contribution in [0, 0.1) is 5.92 Å². The lowest BCUT2D eigenvalue weighted by Gasteiger charge is -2.33. The third-order valence-corrected chi connectivity index (χ3v) is 5.46. The molecule has 0 amide bonds. The van der Waals surface area contributed by atoms with Crippen LogP contribution in [0.15, 0.2) is 24.3 Å². The van der Waals surface area contributed by atoms with E-state index in [9.17, 15) is 0 Å². The molecule has 0 spiro atoms. The first kappa shape index (κ1) is 15.9. The number of β-amino-alcohol motifs (C(OH)–C–C–N with tert-alkyl or cyclic N) is 1. The van der Waals surface area contributed by atoms with Crippen LogP contribution in [0.2, 0.25) is 0 Å². The van der Waals surface area contributed by atoms with Gasteiger partial charge in [-0.15, -0.1) is 11.3 Å². The van der Waals surface area contributed by atoms with Crippen molar-refractivity contribution in [2.24, 2.45) is 5.92 Å². The SMILES string of the molecule is CN(Cc1nc2ccccc2s1)CC1CCN(CCO)CC1. The number of fused-ring (bicyclic) bond motifs is 1. The Kier molecular flexibility index (Phi) is 5.41. The van der Waals surface area contributed by atoms with Crippen molar-refractivity contribution in [1.29, 1.82) is 0 Å². The summed E-state index contributed by atoms with van der Waals surface area (Å²) < 4.78 is 1.28. The standard InChI is InChI=1S/C17H25N3OS/c1-19(12-14-6-8-20(9-7-14)10-11-21)13-17-18-15-4-2-3-5-16(15)22-17/h2-5,14,21H,6-13H2,1H3. The molecular weight excluding hydrogens is 294 g/mol. The minimum Gasteiger partial charge on any atom is -0.395 e. The van der Waals surface area contributed by atoms with E-state index in [2.05, 4.69) is 41.1 Å². The van der Waals surface area contributed by atoms with E-state index in [1.165, 1.54) is 22.5 Å². The number of thiazole rings is 1. The summed E-state index contributed by atoms with van der Waals surface area (Å²) in [7, 11) is 2.20. The van der Waals surface area contributed by atoms with Crippen molar-refractivity contribution in [3.63, 3.8) is 0 Å². The average molecular weight is 319 g/mol. The van der Waals surface area contributed by atoms with Gasteiger partial charge in [0.15, 0.2) is 0 Å². The molecule has 1 aliphatic rings. The molecule has 1 saturated heterocycles. The molecule has 1 fully saturated rings. The molecule has 0 atom stereocenters. The number of hydrogen-bond acceptors (Lipinski definition) is 5. The summed E-state index contributed by atoms with van der Waals surface area (Å²) in [6.07, 6.45) is 2.48. The lowest BCUT2D eigenvalue weighted by atomic mass is 9.96. The second-order valence-electron chi connectivity index (χ2n) is 6.28. The van der Waals surface area contributed by atoms with Crippen molar-refractivity contribution in [2.45, 2.75) is 19.4 Å². The molecule has 3 rings (SSSR count). The lowest BCUT2D eigenvalue weighted by molar-refractivity contribution is 0.129. The Hall–Kier alpha value is -1.01. The molecule has 2 aromatic rings. The highest BCUT2D eigenvalue weighted by atomic mass is 32.1. The molecule has 0 bridgehead atoms. The van der Waals surface area contributed by atoms with Crippen LogP contribution in [0.4, 0.5) is 0 Å². The number of aromatic nitrogens is 1. The third kappa shape index (κ3) is 4.04. The van der Waals surface area contributed by atoms with Crippen LogP contribution < -0.4 is 0 Å². The van der Waals surface area contributed by atoms with Gasteiger partial charge in [-0.1, -0.05) is 12.1 Å². The summed E-state index contributed by atoms with van der Waals surface area (Å²) in [5.41, 5.74) is 1.12. The summed E-state index contributed by atoms with van der Waals surface area (Å²) in [6.45, 7) is 5.44. The predicted octanol–water partition coefficient (Wildman–Crippen LogP) is 2.43. The summed E-state index contributed by atoms with van der Waals surface area (Å²) in [4.78, 5) is 9.49. The van der Waals surface area contributed by atoms with Crippen molar-refractivity contribution in [1.82, 2.24) is 14.8 Å². The number of aliphatic hydroxyl groups excluding tert-OH is 1. The number of piperidine rings is 1. The van der Waals surface area contributed by atoms with E-state index < -0.39 is 0 Å². The van der Waals surface area contributed by atoms with Gasteiger partial charge in [-0.25, -0.2) is 4.98 Å². The fraction of sp³-hybridized carbons (Fsp3) is 0.588. The van der Waals surface area contributed by atoms with Crippen molar-refractivity contribution in [3.8, 4) is 0 Å². The zero-order chi connectivity index (χ0) is 15.4. The summed E-state index contributed by atoms with van der Waals surface area (Å²) >= 11 is 1.81. The van der Waals surface area contributed by atoms with Gasteiger partial charge in [-0.05, 0) is 51.0 Å². The van der Waals surface area contributed by atoms with Gasteiger partial charge in [-0.3, -0.25) is 4.90 Å². The van der Waals surface area contributed by atoms with Crippen molar-refractivity contribution < 1.29 is 5.11 Å². The van der Waals surface area contributed by atoms with Crippen LogP contribution in [0.5, 0.6) is 0 Å². The zero-order valence-corrected chi connectivity index (χ0v) is 14.1. The molecule has 2 heterocycles.